The minimum atomic E-state index is 0.276. The second kappa shape index (κ2) is 12.9. The molecule has 170 valence electrons. The van der Waals surface area contributed by atoms with E-state index >= 15 is 0 Å². The summed E-state index contributed by atoms with van der Waals surface area (Å²) in [7, 11) is 0. The minimum Gasteiger partial charge on any atom is -0.491 e. The van der Waals surface area contributed by atoms with E-state index in [-0.39, 0.29) is 6.10 Å². The number of hydrogen-bond acceptors (Lipinski definition) is 3. The molecule has 3 aromatic rings. The van der Waals surface area contributed by atoms with Crippen LogP contribution in [-0.2, 0) is 6.42 Å². The zero-order chi connectivity index (χ0) is 21.9. The van der Waals surface area contributed by atoms with Crippen LogP contribution in [0.3, 0.4) is 0 Å². The van der Waals surface area contributed by atoms with Crippen molar-refractivity contribution in [1.82, 2.24) is 9.38 Å². The first-order chi connectivity index (χ1) is 15.2. The lowest BCUT2D eigenvalue weighted by molar-refractivity contribution is 0.206. The summed E-state index contributed by atoms with van der Waals surface area (Å²) in [6.45, 7) is 6.70. The fourth-order valence-electron chi connectivity index (χ4n) is 4.03. The van der Waals surface area contributed by atoms with Crippen molar-refractivity contribution in [2.24, 2.45) is 0 Å². The summed E-state index contributed by atoms with van der Waals surface area (Å²) >= 11 is 1.77. The molecule has 0 saturated heterocycles. The molecule has 3 rings (SSSR count). The number of rotatable bonds is 15. The van der Waals surface area contributed by atoms with Crippen LogP contribution in [0.15, 0.2) is 36.7 Å². The van der Waals surface area contributed by atoms with Gasteiger partial charge in [-0.25, -0.2) is 4.98 Å². The molecule has 3 nitrogen and oxygen atoms in total. The van der Waals surface area contributed by atoms with E-state index in [0.717, 1.165) is 23.6 Å². The molecule has 31 heavy (non-hydrogen) atoms. The second-order valence-corrected chi connectivity index (χ2v) is 9.85. The van der Waals surface area contributed by atoms with Crippen LogP contribution in [0.2, 0.25) is 0 Å². The number of hydrogen-bond donors (Lipinski definition) is 0. The molecule has 2 heterocycles. The van der Waals surface area contributed by atoms with Gasteiger partial charge in [-0.2, -0.15) is 0 Å². The Morgan fingerprint density at radius 2 is 1.55 bits per heavy atom. The Morgan fingerprint density at radius 1 is 0.871 bits per heavy atom. The van der Waals surface area contributed by atoms with Gasteiger partial charge < -0.3 is 4.74 Å². The van der Waals surface area contributed by atoms with Crippen molar-refractivity contribution >= 4 is 16.3 Å². The van der Waals surface area contributed by atoms with Crippen LogP contribution in [-0.4, -0.2) is 15.5 Å². The van der Waals surface area contributed by atoms with Crippen LogP contribution in [0.5, 0.6) is 5.75 Å². The maximum Gasteiger partial charge on any atom is 0.194 e. The Labute approximate surface area is 192 Å². The summed E-state index contributed by atoms with van der Waals surface area (Å²) in [6, 6.07) is 8.54. The molecule has 1 unspecified atom stereocenters. The minimum absolute atomic E-state index is 0.276. The Kier molecular flexibility index (Phi) is 9.92. The number of imidazole rings is 1. The molecule has 0 bridgehead atoms. The molecular formula is C27H40N2OS. The van der Waals surface area contributed by atoms with Gasteiger partial charge in [0.05, 0.1) is 16.7 Å². The maximum absolute atomic E-state index is 6.10. The Bertz CT molecular complexity index is 849. The monoisotopic (exact) mass is 440 g/mol. The zero-order valence-corrected chi connectivity index (χ0v) is 20.6. The van der Waals surface area contributed by atoms with E-state index in [1.165, 1.54) is 80.3 Å². The molecule has 1 aromatic carbocycles. The van der Waals surface area contributed by atoms with E-state index in [1.54, 1.807) is 11.3 Å². The van der Waals surface area contributed by atoms with Gasteiger partial charge >= 0.3 is 0 Å². The zero-order valence-electron chi connectivity index (χ0n) is 19.7. The molecular weight excluding hydrogens is 400 g/mol. The van der Waals surface area contributed by atoms with Crippen molar-refractivity contribution in [3.8, 4) is 16.2 Å². The van der Waals surface area contributed by atoms with Crippen LogP contribution < -0.4 is 4.74 Å². The van der Waals surface area contributed by atoms with Crippen molar-refractivity contribution in [3.05, 3.63) is 42.4 Å². The van der Waals surface area contributed by atoms with Crippen molar-refractivity contribution in [3.63, 3.8) is 0 Å². The molecule has 0 amide bonds. The van der Waals surface area contributed by atoms with Gasteiger partial charge in [0.15, 0.2) is 4.96 Å². The molecule has 0 radical (unpaired) electrons. The highest BCUT2D eigenvalue weighted by Gasteiger charge is 2.09. The van der Waals surface area contributed by atoms with Gasteiger partial charge in [-0.1, -0.05) is 76.6 Å². The number of thiazole rings is 1. The fourth-order valence-corrected chi connectivity index (χ4v) is 5.02. The number of unbranched alkanes of at least 4 members (excludes halogenated alkanes) is 8. The summed E-state index contributed by atoms with van der Waals surface area (Å²) in [5.74, 6) is 0.967. The number of fused-ring (bicyclic) bond motifs is 1. The maximum atomic E-state index is 6.10. The normalized spacial score (nSPS) is 12.5. The molecule has 0 saturated carbocycles. The first kappa shape index (κ1) is 23.8. The Hall–Kier alpha value is -1.81. The average molecular weight is 441 g/mol. The van der Waals surface area contributed by atoms with E-state index in [0.29, 0.717) is 0 Å². The van der Waals surface area contributed by atoms with Gasteiger partial charge in [0.25, 0.3) is 0 Å². The van der Waals surface area contributed by atoms with Crippen molar-refractivity contribution in [2.45, 2.75) is 104 Å². The van der Waals surface area contributed by atoms with Gasteiger partial charge in [0.2, 0.25) is 0 Å². The SMILES string of the molecule is CCCCCCCCc1cn2cc(-c3ccc(OC(C)CCCCCC)cc3)sc2n1. The number of aromatic nitrogens is 2. The topological polar surface area (TPSA) is 26.5 Å². The van der Waals surface area contributed by atoms with Crippen LogP contribution in [0.1, 0.15) is 97.1 Å². The highest BCUT2D eigenvalue weighted by molar-refractivity contribution is 7.20. The highest BCUT2D eigenvalue weighted by atomic mass is 32.1. The Balaban J connectivity index is 1.48. The second-order valence-electron chi connectivity index (χ2n) is 8.84. The van der Waals surface area contributed by atoms with Crippen molar-refractivity contribution in [2.75, 3.05) is 0 Å². The van der Waals surface area contributed by atoms with Gasteiger partial charge in [-0.3, -0.25) is 4.40 Å². The van der Waals surface area contributed by atoms with Crippen LogP contribution in [0, 0.1) is 0 Å². The smallest absolute Gasteiger partial charge is 0.194 e. The predicted octanol–water partition coefficient (Wildman–Crippen LogP) is 8.70. The summed E-state index contributed by atoms with van der Waals surface area (Å²) < 4.78 is 8.29. The van der Waals surface area contributed by atoms with Gasteiger partial charge in [0.1, 0.15) is 5.75 Å². The molecule has 0 spiro atoms. The van der Waals surface area contributed by atoms with Crippen LogP contribution in [0.4, 0.5) is 0 Å². The molecule has 0 aliphatic heterocycles. The summed E-state index contributed by atoms with van der Waals surface area (Å²) in [5, 5.41) is 0. The molecule has 4 heteroatoms. The summed E-state index contributed by atoms with van der Waals surface area (Å²) in [6.07, 6.45) is 20.1. The third-order valence-electron chi connectivity index (χ3n) is 5.93. The van der Waals surface area contributed by atoms with E-state index < -0.39 is 0 Å². The lowest BCUT2D eigenvalue weighted by Gasteiger charge is -2.14. The lowest BCUT2D eigenvalue weighted by Crippen LogP contribution is -2.11. The summed E-state index contributed by atoms with van der Waals surface area (Å²) in [4.78, 5) is 7.20. The highest BCUT2D eigenvalue weighted by Crippen LogP contribution is 2.30. The van der Waals surface area contributed by atoms with Gasteiger partial charge in [-0.05, 0) is 62.4 Å². The van der Waals surface area contributed by atoms with E-state index in [2.05, 4.69) is 61.8 Å². The molecule has 0 aliphatic rings. The van der Waals surface area contributed by atoms with Crippen LogP contribution >= 0.6 is 11.3 Å². The first-order valence-corrected chi connectivity index (χ1v) is 13.3. The molecule has 0 aliphatic carbocycles. The van der Waals surface area contributed by atoms with Crippen molar-refractivity contribution < 1.29 is 4.74 Å². The number of aryl methyl sites for hydroxylation is 1. The predicted molar refractivity (Wildman–Crippen MR) is 134 cm³/mol. The van der Waals surface area contributed by atoms with Crippen molar-refractivity contribution in [1.29, 1.82) is 0 Å². The molecule has 1 atom stereocenters. The van der Waals surface area contributed by atoms with E-state index in [1.807, 2.05) is 0 Å². The average Bonchev–Trinajstić information content (AvgIpc) is 3.33. The standard InChI is InChI=1S/C27H40N2OS/c1-4-6-8-10-11-13-15-24-20-29-21-26(31-27(29)28-24)23-16-18-25(19-17-23)30-22(3)14-12-9-7-5-2/h16-22H,4-15H2,1-3H3. The third-order valence-corrected chi connectivity index (χ3v) is 6.98. The number of benzene rings is 1. The fraction of sp³-hybridized carbons (Fsp3) is 0.593. The number of ether oxygens (including phenoxy) is 1. The largest absolute Gasteiger partial charge is 0.491 e. The third kappa shape index (κ3) is 7.68. The first-order valence-electron chi connectivity index (χ1n) is 12.4. The molecule has 0 fully saturated rings. The van der Waals surface area contributed by atoms with E-state index in [9.17, 15) is 0 Å². The quantitative estimate of drug-likeness (QED) is 0.221. The lowest BCUT2D eigenvalue weighted by atomic mass is 10.1. The molecule has 0 N–H and O–H groups in total. The summed E-state index contributed by atoms with van der Waals surface area (Å²) in [5.41, 5.74) is 2.46. The number of nitrogens with zero attached hydrogens (tertiary/aromatic N) is 2. The van der Waals surface area contributed by atoms with E-state index in [4.69, 9.17) is 9.72 Å². The van der Waals surface area contributed by atoms with Crippen LogP contribution in [0.25, 0.3) is 15.4 Å². The van der Waals surface area contributed by atoms with Gasteiger partial charge in [0, 0.05) is 12.4 Å². The van der Waals surface area contributed by atoms with Gasteiger partial charge in [-0.15, -0.1) is 0 Å². The Morgan fingerprint density at radius 3 is 2.26 bits per heavy atom. The molecule has 2 aromatic heterocycles.